The molecular formula is C60H102O6. The van der Waals surface area contributed by atoms with Gasteiger partial charge in [0, 0.05) is 19.3 Å². The van der Waals surface area contributed by atoms with Gasteiger partial charge in [-0.05, 0) is 70.6 Å². The molecule has 0 saturated heterocycles. The van der Waals surface area contributed by atoms with E-state index < -0.39 is 6.10 Å². The minimum absolute atomic E-state index is 0.103. The van der Waals surface area contributed by atoms with Crippen molar-refractivity contribution in [2.75, 3.05) is 13.2 Å². The zero-order chi connectivity index (χ0) is 47.9. The third-order valence-electron chi connectivity index (χ3n) is 11.7. The van der Waals surface area contributed by atoms with Gasteiger partial charge in [-0.25, -0.2) is 0 Å². The Morgan fingerprint density at radius 3 is 1.12 bits per heavy atom. The monoisotopic (exact) mass is 919 g/mol. The second kappa shape index (κ2) is 54.2. The number of esters is 3. The lowest BCUT2D eigenvalue weighted by atomic mass is 10.0. The lowest BCUT2D eigenvalue weighted by molar-refractivity contribution is -0.167. The van der Waals surface area contributed by atoms with Gasteiger partial charge in [-0.2, -0.15) is 0 Å². The first-order valence-electron chi connectivity index (χ1n) is 27.6. The Kier molecular flexibility index (Phi) is 51.4. The number of hydrogen-bond acceptors (Lipinski definition) is 6. The van der Waals surface area contributed by atoms with Gasteiger partial charge in [0.15, 0.2) is 6.10 Å². The van der Waals surface area contributed by atoms with Crippen molar-refractivity contribution in [3.05, 3.63) is 85.1 Å². The van der Waals surface area contributed by atoms with Crippen LogP contribution in [-0.2, 0) is 28.6 Å². The molecule has 0 aliphatic carbocycles. The number of carbonyl (C=O) groups is 3. The van der Waals surface area contributed by atoms with E-state index in [1.165, 1.54) is 128 Å². The fourth-order valence-electron chi connectivity index (χ4n) is 7.59. The average Bonchev–Trinajstić information content (AvgIpc) is 3.31. The fraction of sp³-hybridized carbons (Fsp3) is 0.717. The van der Waals surface area contributed by atoms with Crippen LogP contribution in [0.2, 0.25) is 0 Å². The molecule has 0 aliphatic rings. The van der Waals surface area contributed by atoms with Crippen molar-refractivity contribution < 1.29 is 28.6 Å². The second-order valence-electron chi connectivity index (χ2n) is 18.2. The number of hydrogen-bond donors (Lipinski definition) is 0. The third kappa shape index (κ3) is 51.6. The summed E-state index contributed by atoms with van der Waals surface area (Å²) < 4.78 is 16.8. The van der Waals surface area contributed by atoms with Gasteiger partial charge in [0.1, 0.15) is 13.2 Å². The summed E-state index contributed by atoms with van der Waals surface area (Å²) in [5.41, 5.74) is 0. The predicted octanol–water partition coefficient (Wildman–Crippen LogP) is 18.4. The quantitative estimate of drug-likeness (QED) is 0.0199. The first-order valence-corrected chi connectivity index (χ1v) is 27.6. The number of ether oxygens (including phenoxy) is 3. The van der Waals surface area contributed by atoms with Gasteiger partial charge >= 0.3 is 17.9 Å². The van der Waals surface area contributed by atoms with Crippen molar-refractivity contribution in [1.82, 2.24) is 0 Å². The van der Waals surface area contributed by atoms with E-state index in [4.69, 9.17) is 14.2 Å². The van der Waals surface area contributed by atoms with Crippen LogP contribution in [-0.4, -0.2) is 37.2 Å². The van der Waals surface area contributed by atoms with Crippen LogP contribution in [0.4, 0.5) is 0 Å². The van der Waals surface area contributed by atoms with Crippen LogP contribution < -0.4 is 0 Å². The van der Waals surface area contributed by atoms with Gasteiger partial charge in [-0.15, -0.1) is 0 Å². The molecule has 0 rings (SSSR count). The fourth-order valence-corrected chi connectivity index (χ4v) is 7.59. The molecule has 0 radical (unpaired) electrons. The van der Waals surface area contributed by atoms with Crippen LogP contribution in [0.25, 0.3) is 0 Å². The molecule has 0 fully saturated rings. The third-order valence-corrected chi connectivity index (χ3v) is 11.7. The number of rotatable bonds is 49. The minimum Gasteiger partial charge on any atom is -0.462 e. The lowest BCUT2D eigenvalue weighted by Gasteiger charge is -2.18. The smallest absolute Gasteiger partial charge is 0.306 e. The molecule has 378 valence electrons. The molecule has 0 aromatic rings. The van der Waals surface area contributed by atoms with E-state index in [1.807, 2.05) is 18.2 Å². The second-order valence-corrected chi connectivity index (χ2v) is 18.2. The summed E-state index contributed by atoms with van der Waals surface area (Å²) in [7, 11) is 0. The molecule has 0 saturated carbocycles. The summed E-state index contributed by atoms with van der Waals surface area (Å²) in [6.07, 6.45) is 70.0. The topological polar surface area (TPSA) is 78.9 Å². The van der Waals surface area contributed by atoms with E-state index >= 15 is 0 Å². The maximum atomic E-state index is 12.8. The first-order chi connectivity index (χ1) is 32.5. The van der Waals surface area contributed by atoms with Crippen LogP contribution in [0.15, 0.2) is 85.1 Å². The van der Waals surface area contributed by atoms with Crippen LogP contribution in [0.5, 0.6) is 0 Å². The molecule has 0 aromatic carbocycles. The highest BCUT2D eigenvalue weighted by molar-refractivity contribution is 5.71. The Bertz CT molecular complexity index is 1290. The Balaban J connectivity index is 4.48. The maximum Gasteiger partial charge on any atom is 0.306 e. The van der Waals surface area contributed by atoms with Crippen LogP contribution in [0.3, 0.4) is 0 Å². The molecule has 0 N–H and O–H groups in total. The lowest BCUT2D eigenvalue weighted by Crippen LogP contribution is -2.30. The largest absolute Gasteiger partial charge is 0.462 e. The molecule has 6 heteroatoms. The summed E-state index contributed by atoms with van der Waals surface area (Å²) in [6.45, 7) is 6.44. The molecule has 1 atom stereocenters. The number of unbranched alkanes of at least 4 members (excludes halogenated alkanes) is 27. The molecule has 0 heterocycles. The molecule has 66 heavy (non-hydrogen) atoms. The maximum absolute atomic E-state index is 12.8. The number of allylic oxidation sites excluding steroid dienone is 14. The van der Waals surface area contributed by atoms with Crippen molar-refractivity contribution in [3.63, 3.8) is 0 Å². The molecule has 0 spiro atoms. The van der Waals surface area contributed by atoms with Crippen molar-refractivity contribution >= 4 is 17.9 Å². The van der Waals surface area contributed by atoms with E-state index in [1.54, 1.807) is 0 Å². The van der Waals surface area contributed by atoms with Gasteiger partial charge < -0.3 is 14.2 Å². The first kappa shape index (κ1) is 62.6. The number of carbonyl (C=O) groups excluding carboxylic acids is 3. The van der Waals surface area contributed by atoms with Gasteiger partial charge in [-0.1, -0.05) is 254 Å². The molecule has 0 aliphatic heterocycles. The van der Waals surface area contributed by atoms with Crippen LogP contribution in [0.1, 0.15) is 258 Å². The van der Waals surface area contributed by atoms with E-state index in [0.29, 0.717) is 19.3 Å². The molecular weight excluding hydrogens is 817 g/mol. The Hall–Kier alpha value is -3.41. The normalized spacial score (nSPS) is 12.7. The highest BCUT2D eigenvalue weighted by atomic mass is 16.6. The van der Waals surface area contributed by atoms with Crippen molar-refractivity contribution in [3.8, 4) is 0 Å². The Morgan fingerprint density at radius 2 is 0.667 bits per heavy atom. The molecule has 0 aromatic heterocycles. The standard InChI is InChI=1S/C60H102O6/c1-4-7-10-13-16-19-22-25-28-30-33-35-38-41-44-47-50-53-59(62)65-56-57(55-64-58(61)52-49-46-43-40-37-34-31-27-24-21-18-15-12-9-6-3)66-60(63)54-51-48-45-42-39-36-32-29-26-23-20-17-14-11-8-5-2/h9,12,15,18,21,24-25,27-28,31,33,35,41,44,57H,4-8,10-11,13-14,16-17,19-20,22-23,26,29-30,32,34,36-40,42-43,45-56H2,1-3H3/b12-9-,18-15-,24-21-,28-25-,31-27-,35-33-,44-41-. The van der Waals surface area contributed by atoms with Gasteiger partial charge in [0.2, 0.25) is 0 Å². The SMILES string of the molecule is CC\C=C/C=C\C=C/C=C\CCCCCCCC(=O)OCC(COC(=O)CCC/C=C\C/C=C\C/C=C\CCCCCCCC)OC(=O)CCCCCCCCCCCCCCCCCC. The molecule has 1 unspecified atom stereocenters. The van der Waals surface area contributed by atoms with Crippen LogP contribution >= 0.6 is 0 Å². The molecule has 6 nitrogen and oxygen atoms in total. The van der Waals surface area contributed by atoms with E-state index in [9.17, 15) is 14.4 Å². The van der Waals surface area contributed by atoms with Crippen molar-refractivity contribution in [2.24, 2.45) is 0 Å². The average molecular weight is 919 g/mol. The summed E-state index contributed by atoms with van der Waals surface area (Å²) >= 11 is 0. The van der Waals surface area contributed by atoms with Crippen molar-refractivity contribution in [2.45, 2.75) is 264 Å². The Labute approximate surface area is 407 Å². The van der Waals surface area contributed by atoms with E-state index in [0.717, 1.165) is 83.5 Å². The van der Waals surface area contributed by atoms with Gasteiger partial charge in [-0.3, -0.25) is 14.4 Å². The van der Waals surface area contributed by atoms with E-state index in [2.05, 4.69) is 87.6 Å². The molecule has 0 bridgehead atoms. The minimum atomic E-state index is -0.805. The summed E-state index contributed by atoms with van der Waals surface area (Å²) in [5, 5.41) is 0. The zero-order valence-electron chi connectivity index (χ0n) is 43.2. The highest BCUT2D eigenvalue weighted by Gasteiger charge is 2.19. The van der Waals surface area contributed by atoms with Gasteiger partial charge in [0.25, 0.3) is 0 Å². The predicted molar refractivity (Wildman–Crippen MR) is 284 cm³/mol. The summed E-state index contributed by atoms with van der Waals surface area (Å²) in [5.74, 6) is -0.972. The van der Waals surface area contributed by atoms with Crippen molar-refractivity contribution in [1.29, 1.82) is 0 Å². The summed E-state index contributed by atoms with van der Waals surface area (Å²) in [6, 6.07) is 0. The summed E-state index contributed by atoms with van der Waals surface area (Å²) in [4.78, 5) is 38.1. The zero-order valence-corrected chi connectivity index (χ0v) is 43.2. The molecule has 0 amide bonds. The Morgan fingerprint density at radius 1 is 0.333 bits per heavy atom. The van der Waals surface area contributed by atoms with E-state index in [-0.39, 0.29) is 37.5 Å². The highest BCUT2D eigenvalue weighted by Crippen LogP contribution is 2.15. The van der Waals surface area contributed by atoms with Crippen LogP contribution in [0, 0.1) is 0 Å². The van der Waals surface area contributed by atoms with Gasteiger partial charge in [0.05, 0.1) is 0 Å².